The molecule has 0 aliphatic carbocycles. The summed E-state index contributed by atoms with van der Waals surface area (Å²) in [4.78, 5) is 11.3. The van der Waals surface area contributed by atoms with Gasteiger partial charge < -0.3 is 10.1 Å². The third kappa shape index (κ3) is 1.44. The van der Waals surface area contributed by atoms with E-state index in [0.29, 0.717) is 12.8 Å². The number of methoxy groups -OCH3 is 1. The molecule has 1 heterocycles. The van der Waals surface area contributed by atoms with Gasteiger partial charge in [0.2, 0.25) is 0 Å². The summed E-state index contributed by atoms with van der Waals surface area (Å²) < 4.78 is 4.67. The van der Waals surface area contributed by atoms with E-state index in [9.17, 15) is 4.79 Å². The molecule has 0 radical (unpaired) electrons. The summed E-state index contributed by atoms with van der Waals surface area (Å²) in [6.45, 7) is 1.58. The Morgan fingerprint density at radius 1 is 1.58 bits per heavy atom. The third-order valence-electron chi connectivity index (χ3n) is 2.31. The van der Waals surface area contributed by atoms with Crippen molar-refractivity contribution in [3.63, 3.8) is 0 Å². The van der Waals surface area contributed by atoms with E-state index in [1.54, 1.807) is 0 Å². The Morgan fingerprint density at radius 2 is 2.17 bits per heavy atom. The van der Waals surface area contributed by atoms with Crippen LogP contribution in [0.4, 0.5) is 0 Å². The molecule has 1 N–H and O–H groups in total. The van der Waals surface area contributed by atoms with Crippen LogP contribution < -0.4 is 5.32 Å². The second-order valence-corrected chi connectivity index (χ2v) is 2.97. The van der Waals surface area contributed by atoms with Crippen LogP contribution in [0.5, 0.6) is 0 Å². The summed E-state index contributed by atoms with van der Waals surface area (Å²) in [6.07, 6.45) is 6.69. The van der Waals surface area contributed by atoms with Crippen molar-refractivity contribution >= 4 is 5.97 Å². The maximum Gasteiger partial charge on any atom is 0.324 e. The van der Waals surface area contributed by atoms with Crippen LogP contribution in [0.2, 0.25) is 0 Å². The predicted molar refractivity (Wildman–Crippen MR) is 45.4 cm³/mol. The van der Waals surface area contributed by atoms with Crippen LogP contribution in [0.3, 0.4) is 0 Å². The molecule has 0 aromatic rings. The van der Waals surface area contributed by atoms with Crippen LogP contribution in [-0.4, -0.2) is 26.2 Å². The third-order valence-corrected chi connectivity index (χ3v) is 2.31. The van der Waals surface area contributed by atoms with E-state index < -0.39 is 5.41 Å². The minimum Gasteiger partial charge on any atom is -0.468 e. The first-order chi connectivity index (χ1) is 5.75. The molecule has 0 spiro atoms. The molecular formula is C9H13NO2. The van der Waals surface area contributed by atoms with E-state index in [2.05, 4.69) is 16.0 Å². The molecule has 0 saturated carbocycles. The Morgan fingerprint density at radius 3 is 2.58 bits per heavy atom. The van der Waals surface area contributed by atoms with Crippen LogP contribution in [0.25, 0.3) is 0 Å². The number of ether oxygens (including phenoxy) is 1. The van der Waals surface area contributed by atoms with Crippen molar-refractivity contribution in [3.05, 3.63) is 0 Å². The minimum atomic E-state index is -0.667. The van der Waals surface area contributed by atoms with Crippen molar-refractivity contribution in [1.82, 2.24) is 5.32 Å². The smallest absolute Gasteiger partial charge is 0.324 e. The Hall–Kier alpha value is -1.01. The molecule has 1 rings (SSSR count). The molecule has 0 aromatic carbocycles. The van der Waals surface area contributed by atoms with Crippen molar-refractivity contribution in [2.24, 2.45) is 5.41 Å². The van der Waals surface area contributed by atoms with Gasteiger partial charge in [-0.15, -0.1) is 6.42 Å². The Balaban J connectivity index is 2.74. The van der Waals surface area contributed by atoms with Crippen LogP contribution in [0, 0.1) is 17.8 Å². The van der Waals surface area contributed by atoms with Gasteiger partial charge in [0.25, 0.3) is 0 Å². The number of esters is 1. The highest BCUT2D eigenvalue weighted by Gasteiger charge is 2.38. The highest BCUT2D eigenvalue weighted by atomic mass is 16.5. The van der Waals surface area contributed by atoms with Crippen LogP contribution in [0.15, 0.2) is 0 Å². The van der Waals surface area contributed by atoms with E-state index in [-0.39, 0.29) is 5.97 Å². The average molecular weight is 167 g/mol. The van der Waals surface area contributed by atoms with Gasteiger partial charge >= 0.3 is 5.97 Å². The summed E-state index contributed by atoms with van der Waals surface area (Å²) in [5.41, 5.74) is -0.667. The van der Waals surface area contributed by atoms with Gasteiger partial charge in [-0.2, -0.15) is 0 Å². The van der Waals surface area contributed by atoms with Gasteiger partial charge in [0.15, 0.2) is 0 Å². The number of hydrogen-bond donors (Lipinski definition) is 1. The molecule has 66 valence electrons. The second kappa shape index (κ2) is 3.59. The molecule has 1 aliphatic rings. The molecule has 0 atom stereocenters. The Labute approximate surface area is 72.5 Å². The fourth-order valence-electron chi connectivity index (χ4n) is 1.46. The number of terminal acetylenes is 1. The number of hydrogen-bond acceptors (Lipinski definition) is 3. The molecule has 12 heavy (non-hydrogen) atoms. The second-order valence-electron chi connectivity index (χ2n) is 2.97. The predicted octanol–water partition coefficient (Wildman–Crippen LogP) is 0.162. The molecule has 3 nitrogen and oxygen atoms in total. The zero-order chi connectivity index (χ0) is 9.03. The van der Waals surface area contributed by atoms with E-state index >= 15 is 0 Å². The van der Waals surface area contributed by atoms with Gasteiger partial charge in [0.1, 0.15) is 5.41 Å². The van der Waals surface area contributed by atoms with E-state index in [4.69, 9.17) is 6.42 Å². The first-order valence-electron chi connectivity index (χ1n) is 4.02. The summed E-state index contributed by atoms with van der Waals surface area (Å²) >= 11 is 0. The van der Waals surface area contributed by atoms with Crippen molar-refractivity contribution < 1.29 is 9.53 Å². The van der Waals surface area contributed by atoms with Crippen LogP contribution in [0.1, 0.15) is 12.8 Å². The maximum atomic E-state index is 11.3. The molecule has 1 fully saturated rings. The van der Waals surface area contributed by atoms with E-state index in [1.165, 1.54) is 7.11 Å². The van der Waals surface area contributed by atoms with Crippen molar-refractivity contribution in [2.75, 3.05) is 20.2 Å². The monoisotopic (exact) mass is 167 g/mol. The number of carbonyl (C=O) groups excluding carboxylic acids is 1. The lowest BCUT2D eigenvalue weighted by Crippen LogP contribution is -2.41. The average Bonchev–Trinajstić information content (AvgIpc) is 2.17. The Kier molecular flexibility index (Phi) is 2.72. The molecule has 0 unspecified atom stereocenters. The molecule has 0 aromatic heterocycles. The van der Waals surface area contributed by atoms with Gasteiger partial charge in [-0.25, -0.2) is 0 Å². The molecular weight excluding hydrogens is 154 g/mol. The van der Waals surface area contributed by atoms with Gasteiger partial charge in [-0.3, -0.25) is 4.79 Å². The molecule has 3 heteroatoms. The topological polar surface area (TPSA) is 38.3 Å². The molecule has 0 amide bonds. The fraction of sp³-hybridized carbons (Fsp3) is 0.667. The van der Waals surface area contributed by atoms with Gasteiger partial charge in [-0.05, 0) is 25.9 Å². The summed E-state index contributed by atoms with van der Waals surface area (Å²) in [5.74, 6) is 2.28. The van der Waals surface area contributed by atoms with Gasteiger partial charge in [0.05, 0.1) is 7.11 Å². The minimum absolute atomic E-state index is 0.272. The number of nitrogens with one attached hydrogen (secondary N) is 1. The highest BCUT2D eigenvalue weighted by Crippen LogP contribution is 2.28. The van der Waals surface area contributed by atoms with Crippen LogP contribution in [-0.2, 0) is 9.53 Å². The number of piperidine rings is 1. The lowest BCUT2D eigenvalue weighted by molar-refractivity contribution is -0.150. The summed E-state index contributed by atoms with van der Waals surface area (Å²) in [6, 6.07) is 0. The summed E-state index contributed by atoms with van der Waals surface area (Å²) in [5, 5.41) is 3.15. The van der Waals surface area contributed by atoms with Gasteiger partial charge in [-0.1, -0.05) is 5.92 Å². The molecule has 0 bridgehead atoms. The lowest BCUT2D eigenvalue weighted by Gasteiger charge is -2.29. The first kappa shape index (κ1) is 9.08. The number of rotatable bonds is 1. The Bertz CT molecular complexity index is 211. The lowest BCUT2D eigenvalue weighted by atomic mass is 9.80. The number of carbonyl (C=O) groups is 1. The van der Waals surface area contributed by atoms with E-state index in [0.717, 1.165) is 13.1 Å². The first-order valence-corrected chi connectivity index (χ1v) is 4.02. The zero-order valence-corrected chi connectivity index (χ0v) is 7.22. The quantitative estimate of drug-likeness (QED) is 0.446. The van der Waals surface area contributed by atoms with Crippen LogP contribution >= 0.6 is 0 Å². The highest BCUT2D eigenvalue weighted by molar-refractivity contribution is 5.80. The zero-order valence-electron chi connectivity index (χ0n) is 7.22. The fourth-order valence-corrected chi connectivity index (χ4v) is 1.46. The van der Waals surface area contributed by atoms with E-state index in [1.807, 2.05) is 0 Å². The standard InChI is InChI=1S/C9H13NO2/c1-3-9(8(11)12-2)4-6-10-7-5-9/h1,10H,4-7H2,2H3. The normalized spacial score (nSPS) is 21.0. The SMILES string of the molecule is C#CC1(C(=O)OC)CCNCC1. The molecule has 1 saturated heterocycles. The van der Waals surface area contributed by atoms with Crippen molar-refractivity contribution in [2.45, 2.75) is 12.8 Å². The maximum absolute atomic E-state index is 11.3. The van der Waals surface area contributed by atoms with Gasteiger partial charge in [0, 0.05) is 0 Å². The molecule has 1 aliphatic heterocycles. The van der Waals surface area contributed by atoms with Crippen molar-refractivity contribution in [1.29, 1.82) is 0 Å². The largest absolute Gasteiger partial charge is 0.468 e. The summed E-state index contributed by atoms with van der Waals surface area (Å²) in [7, 11) is 1.38. The van der Waals surface area contributed by atoms with Crippen molar-refractivity contribution in [3.8, 4) is 12.3 Å².